The van der Waals surface area contributed by atoms with Crippen molar-refractivity contribution in [1.29, 1.82) is 0 Å². The monoisotopic (exact) mass is 481 g/mol. The number of hydrogen-bond donors (Lipinski definition) is 1. The van der Waals surface area contributed by atoms with Gasteiger partial charge in [-0.05, 0) is 62.7 Å². The number of rotatable bonds is 5. The summed E-state index contributed by atoms with van der Waals surface area (Å²) in [4.78, 5) is 1.24. The van der Waals surface area contributed by atoms with Gasteiger partial charge in [-0.2, -0.15) is 0 Å². The third kappa shape index (κ3) is 3.65. The van der Waals surface area contributed by atoms with Gasteiger partial charge in [0.05, 0.1) is 16.9 Å². The molecule has 108 valence electrons. The van der Waals surface area contributed by atoms with E-state index < -0.39 is 0 Å². The minimum Gasteiger partial charge on any atom is -0.496 e. The zero-order chi connectivity index (χ0) is 14.7. The van der Waals surface area contributed by atoms with Gasteiger partial charge in [-0.15, -0.1) is 11.3 Å². The van der Waals surface area contributed by atoms with Crippen molar-refractivity contribution < 1.29 is 4.74 Å². The van der Waals surface area contributed by atoms with Crippen LogP contribution in [0.5, 0.6) is 5.75 Å². The van der Waals surface area contributed by atoms with Crippen molar-refractivity contribution in [2.75, 3.05) is 13.7 Å². The Labute approximate surface area is 148 Å². The molecule has 0 bridgehead atoms. The first-order chi connectivity index (χ1) is 9.56. The smallest absolute Gasteiger partial charge is 0.124 e. The third-order valence-electron chi connectivity index (χ3n) is 2.86. The lowest BCUT2D eigenvalue weighted by molar-refractivity contribution is 0.404. The van der Waals surface area contributed by atoms with E-state index in [0.29, 0.717) is 0 Å². The van der Waals surface area contributed by atoms with Crippen LogP contribution >= 0.6 is 59.1 Å². The van der Waals surface area contributed by atoms with Crippen molar-refractivity contribution >= 4 is 59.1 Å². The molecule has 0 amide bonds. The maximum atomic E-state index is 5.51. The second-order valence-corrected chi connectivity index (χ2v) is 8.32. The summed E-state index contributed by atoms with van der Waals surface area (Å²) < 4.78 is 8.73. The second kappa shape index (κ2) is 7.40. The summed E-state index contributed by atoms with van der Waals surface area (Å²) in [6, 6.07) is 8.34. The Morgan fingerprint density at radius 3 is 2.55 bits per heavy atom. The Balaban J connectivity index is 2.50. The van der Waals surface area contributed by atoms with Crippen LogP contribution in [0.4, 0.5) is 0 Å². The highest BCUT2D eigenvalue weighted by Gasteiger charge is 2.20. The average Bonchev–Trinajstić information content (AvgIpc) is 2.75. The van der Waals surface area contributed by atoms with Crippen LogP contribution in [0.1, 0.15) is 23.4 Å². The van der Waals surface area contributed by atoms with E-state index in [0.717, 1.165) is 30.6 Å². The molecule has 1 atom stereocenters. The summed E-state index contributed by atoms with van der Waals surface area (Å²) in [6.45, 7) is 2.99. The van der Waals surface area contributed by atoms with Gasteiger partial charge in [-0.3, -0.25) is 0 Å². The fourth-order valence-corrected chi connectivity index (χ4v) is 4.57. The number of thiophene rings is 1. The van der Waals surface area contributed by atoms with Crippen LogP contribution in [0, 0.1) is 0 Å². The van der Waals surface area contributed by atoms with Gasteiger partial charge in [0, 0.05) is 19.4 Å². The molecule has 0 saturated carbocycles. The van der Waals surface area contributed by atoms with Crippen LogP contribution in [-0.2, 0) is 0 Å². The summed E-state index contributed by atoms with van der Waals surface area (Å²) in [5.74, 6) is 0.889. The van der Waals surface area contributed by atoms with E-state index in [1.165, 1.54) is 4.88 Å². The molecule has 1 aromatic heterocycles. The van der Waals surface area contributed by atoms with Crippen molar-refractivity contribution in [2.45, 2.75) is 13.0 Å². The van der Waals surface area contributed by atoms with Crippen LogP contribution in [0.3, 0.4) is 0 Å². The molecule has 0 saturated heterocycles. The highest BCUT2D eigenvalue weighted by atomic mass is 79.9. The number of hydrogen-bond acceptors (Lipinski definition) is 3. The summed E-state index contributed by atoms with van der Waals surface area (Å²) in [5.41, 5.74) is 1.13. The van der Waals surface area contributed by atoms with Gasteiger partial charge in [-0.1, -0.05) is 22.9 Å². The normalized spacial score (nSPS) is 12.4. The summed E-state index contributed by atoms with van der Waals surface area (Å²) >= 11 is 12.4. The minimum absolute atomic E-state index is 0.111. The first-order valence-corrected chi connectivity index (χ1v) is 9.28. The molecule has 20 heavy (non-hydrogen) atoms. The van der Waals surface area contributed by atoms with Gasteiger partial charge in [0.2, 0.25) is 0 Å². The van der Waals surface area contributed by atoms with Crippen LogP contribution in [0.2, 0.25) is 0 Å². The quantitative estimate of drug-likeness (QED) is 0.585. The van der Waals surface area contributed by atoms with E-state index in [-0.39, 0.29) is 6.04 Å². The van der Waals surface area contributed by atoms with E-state index in [9.17, 15) is 0 Å². The van der Waals surface area contributed by atoms with Gasteiger partial charge >= 0.3 is 0 Å². The predicted molar refractivity (Wildman–Crippen MR) is 95.9 cm³/mol. The third-order valence-corrected chi connectivity index (χ3v) is 6.67. The second-order valence-electron chi connectivity index (χ2n) is 4.15. The minimum atomic E-state index is 0.111. The zero-order valence-electron chi connectivity index (χ0n) is 11.0. The maximum Gasteiger partial charge on any atom is 0.124 e. The average molecular weight is 484 g/mol. The maximum absolute atomic E-state index is 5.51. The first kappa shape index (κ1) is 16.5. The number of methoxy groups -OCH3 is 1. The van der Waals surface area contributed by atoms with Crippen molar-refractivity contribution in [3.8, 4) is 5.75 Å². The zero-order valence-corrected chi connectivity index (χ0v) is 16.6. The van der Waals surface area contributed by atoms with Crippen molar-refractivity contribution in [1.82, 2.24) is 5.32 Å². The lowest BCUT2D eigenvalue weighted by Crippen LogP contribution is -2.21. The highest BCUT2D eigenvalue weighted by molar-refractivity contribution is 9.13. The molecule has 1 aromatic carbocycles. The van der Waals surface area contributed by atoms with E-state index in [2.05, 4.69) is 72.2 Å². The number of benzene rings is 1. The van der Waals surface area contributed by atoms with Crippen molar-refractivity contribution in [3.63, 3.8) is 0 Å². The van der Waals surface area contributed by atoms with Crippen LogP contribution in [-0.4, -0.2) is 13.7 Å². The van der Waals surface area contributed by atoms with Gasteiger partial charge in [0.15, 0.2) is 0 Å². The number of ether oxygens (including phenoxy) is 1. The van der Waals surface area contributed by atoms with Gasteiger partial charge in [-0.25, -0.2) is 0 Å². The number of halogens is 3. The molecule has 0 aliphatic carbocycles. The molecule has 2 nitrogen and oxygen atoms in total. The number of nitrogens with one attached hydrogen (secondary N) is 1. The van der Waals surface area contributed by atoms with Crippen LogP contribution < -0.4 is 10.1 Å². The van der Waals surface area contributed by atoms with Crippen molar-refractivity contribution in [3.05, 3.63) is 47.4 Å². The highest BCUT2D eigenvalue weighted by Crippen LogP contribution is 2.40. The fraction of sp³-hybridized carbons (Fsp3) is 0.286. The molecule has 0 spiro atoms. The Kier molecular flexibility index (Phi) is 6.10. The first-order valence-electron chi connectivity index (χ1n) is 6.08. The summed E-state index contributed by atoms with van der Waals surface area (Å²) in [5, 5.41) is 3.53. The molecule has 6 heteroatoms. The SMILES string of the molecule is CCNC(c1cc(Br)c(Br)s1)c1cc(Br)ccc1OC. The van der Waals surface area contributed by atoms with E-state index in [1.54, 1.807) is 18.4 Å². The van der Waals surface area contributed by atoms with Crippen LogP contribution in [0.25, 0.3) is 0 Å². The molecule has 1 N–H and O–H groups in total. The lowest BCUT2D eigenvalue weighted by atomic mass is 10.0. The topological polar surface area (TPSA) is 21.3 Å². The molecule has 0 fully saturated rings. The molecule has 0 aliphatic rings. The molecule has 0 radical (unpaired) electrons. The molecular formula is C14H14Br3NOS. The summed E-state index contributed by atoms with van der Waals surface area (Å²) in [6.07, 6.45) is 0. The molecule has 1 heterocycles. The standard InChI is InChI=1S/C14H14Br3NOS/c1-3-18-13(12-7-10(16)14(17)20-12)9-6-8(15)4-5-11(9)19-2/h4-7,13,18H,3H2,1-2H3. The van der Waals surface area contributed by atoms with E-state index in [1.807, 2.05) is 12.1 Å². The molecular weight excluding hydrogens is 470 g/mol. The van der Waals surface area contributed by atoms with Gasteiger partial charge in [0.25, 0.3) is 0 Å². The lowest BCUT2D eigenvalue weighted by Gasteiger charge is -2.20. The predicted octanol–water partition coefficient (Wildman–Crippen LogP) is 5.74. The molecule has 2 rings (SSSR count). The fourth-order valence-electron chi connectivity index (χ4n) is 2.00. The largest absolute Gasteiger partial charge is 0.496 e. The Morgan fingerprint density at radius 1 is 1.25 bits per heavy atom. The molecule has 0 aliphatic heterocycles. The molecule has 1 unspecified atom stereocenters. The van der Waals surface area contributed by atoms with E-state index in [4.69, 9.17) is 4.74 Å². The molecule has 2 aromatic rings. The van der Waals surface area contributed by atoms with Gasteiger partial charge < -0.3 is 10.1 Å². The Bertz CT molecular complexity index is 581. The van der Waals surface area contributed by atoms with E-state index >= 15 is 0 Å². The van der Waals surface area contributed by atoms with Gasteiger partial charge in [0.1, 0.15) is 5.75 Å². The summed E-state index contributed by atoms with van der Waals surface area (Å²) in [7, 11) is 1.70. The van der Waals surface area contributed by atoms with Crippen molar-refractivity contribution in [2.24, 2.45) is 0 Å². The Morgan fingerprint density at radius 2 is 2.00 bits per heavy atom. The Hall–Kier alpha value is 0.120. The van der Waals surface area contributed by atoms with Crippen LogP contribution in [0.15, 0.2) is 37.0 Å².